The van der Waals surface area contributed by atoms with Crippen LogP contribution in [0.3, 0.4) is 0 Å². The van der Waals surface area contributed by atoms with Crippen molar-refractivity contribution in [3.05, 3.63) is 52.0 Å². The minimum Gasteiger partial charge on any atom is -0.496 e. The zero-order valence-electron chi connectivity index (χ0n) is 12.1. The second kappa shape index (κ2) is 7.33. The SMILES string of the molecule is COc1cccc(F)c1C(=O)CCN(C)Cc1ccsc1. The van der Waals surface area contributed by atoms with Crippen molar-refractivity contribution in [3.63, 3.8) is 0 Å². The Morgan fingerprint density at radius 3 is 2.86 bits per heavy atom. The number of carbonyl (C=O) groups excluding carboxylic acids is 1. The van der Waals surface area contributed by atoms with Gasteiger partial charge in [0.25, 0.3) is 0 Å². The molecule has 0 aliphatic heterocycles. The van der Waals surface area contributed by atoms with E-state index >= 15 is 0 Å². The van der Waals surface area contributed by atoms with Crippen molar-refractivity contribution in [2.75, 3.05) is 20.7 Å². The fraction of sp³-hybridized carbons (Fsp3) is 0.312. The Bertz CT molecular complexity index is 598. The van der Waals surface area contributed by atoms with Gasteiger partial charge < -0.3 is 9.64 Å². The molecular formula is C16H18FNO2S. The highest BCUT2D eigenvalue weighted by Crippen LogP contribution is 2.22. The smallest absolute Gasteiger partial charge is 0.170 e. The molecule has 0 bridgehead atoms. The molecule has 1 heterocycles. The number of ether oxygens (including phenoxy) is 1. The molecule has 0 saturated heterocycles. The molecule has 2 aromatic rings. The number of methoxy groups -OCH3 is 1. The predicted molar refractivity (Wildman–Crippen MR) is 82.6 cm³/mol. The molecule has 5 heteroatoms. The number of Topliss-reactive ketones (excluding diaryl/α,β-unsaturated/α-hetero) is 1. The summed E-state index contributed by atoms with van der Waals surface area (Å²) in [6, 6.07) is 6.48. The fourth-order valence-corrected chi connectivity index (χ4v) is 2.80. The van der Waals surface area contributed by atoms with Gasteiger partial charge in [-0.1, -0.05) is 6.07 Å². The first-order valence-electron chi connectivity index (χ1n) is 6.67. The molecule has 0 aliphatic rings. The van der Waals surface area contributed by atoms with Crippen molar-refractivity contribution in [1.29, 1.82) is 0 Å². The molecule has 0 spiro atoms. The summed E-state index contributed by atoms with van der Waals surface area (Å²) >= 11 is 1.65. The van der Waals surface area contributed by atoms with Gasteiger partial charge in [0.05, 0.1) is 12.7 Å². The standard InChI is InChI=1S/C16H18FNO2S/c1-18(10-12-7-9-21-11-12)8-6-14(19)16-13(17)4-3-5-15(16)20-2/h3-5,7,9,11H,6,8,10H2,1-2H3. The Balaban J connectivity index is 1.96. The number of rotatable bonds is 7. The van der Waals surface area contributed by atoms with E-state index in [0.717, 1.165) is 6.54 Å². The first-order valence-corrected chi connectivity index (χ1v) is 7.61. The summed E-state index contributed by atoms with van der Waals surface area (Å²) in [5.41, 5.74) is 1.27. The van der Waals surface area contributed by atoms with Crippen molar-refractivity contribution >= 4 is 17.1 Å². The Kier molecular flexibility index (Phi) is 5.47. The van der Waals surface area contributed by atoms with E-state index in [1.54, 1.807) is 17.4 Å². The summed E-state index contributed by atoms with van der Waals surface area (Å²) < 4.78 is 18.9. The zero-order chi connectivity index (χ0) is 15.2. The number of hydrogen-bond donors (Lipinski definition) is 0. The quantitative estimate of drug-likeness (QED) is 0.732. The second-order valence-corrected chi connectivity index (χ2v) is 5.64. The van der Waals surface area contributed by atoms with Crippen LogP contribution in [0.25, 0.3) is 0 Å². The number of benzene rings is 1. The van der Waals surface area contributed by atoms with Gasteiger partial charge in [0.15, 0.2) is 5.78 Å². The molecule has 0 fully saturated rings. The third kappa shape index (κ3) is 4.12. The van der Waals surface area contributed by atoms with E-state index in [1.165, 1.54) is 24.8 Å². The average molecular weight is 307 g/mol. The summed E-state index contributed by atoms with van der Waals surface area (Å²) in [4.78, 5) is 14.3. The minimum absolute atomic E-state index is 0.0453. The van der Waals surface area contributed by atoms with Crippen molar-refractivity contribution in [1.82, 2.24) is 4.90 Å². The average Bonchev–Trinajstić information content (AvgIpc) is 2.97. The molecule has 0 amide bonds. The van der Waals surface area contributed by atoms with E-state index in [2.05, 4.69) is 11.4 Å². The maximum absolute atomic E-state index is 13.8. The first kappa shape index (κ1) is 15.7. The second-order valence-electron chi connectivity index (χ2n) is 4.86. The number of hydrogen-bond acceptors (Lipinski definition) is 4. The Labute approximate surface area is 128 Å². The molecule has 1 aromatic heterocycles. The lowest BCUT2D eigenvalue weighted by molar-refractivity contribution is 0.0960. The Morgan fingerprint density at radius 2 is 2.19 bits per heavy atom. The van der Waals surface area contributed by atoms with Gasteiger partial charge in [-0.3, -0.25) is 4.79 Å². The molecule has 0 unspecified atom stereocenters. The van der Waals surface area contributed by atoms with E-state index < -0.39 is 5.82 Å². The zero-order valence-corrected chi connectivity index (χ0v) is 13.0. The Morgan fingerprint density at radius 1 is 1.38 bits per heavy atom. The van der Waals surface area contributed by atoms with Gasteiger partial charge in [0.2, 0.25) is 0 Å². The molecule has 0 N–H and O–H groups in total. The number of carbonyl (C=O) groups is 1. The Hall–Kier alpha value is -1.72. The van der Waals surface area contributed by atoms with Crippen LogP contribution in [0, 0.1) is 5.82 Å². The lowest BCUT2D eigenvalue weighted by atomic mass is 10.1. The molecule has 0 aliphatic carbocycles. The third-order valence-electron chi connectivity index (χ3n) is 3.23. The molecule has 112 valence electrons. The van der Waals surface area contributed by atoms with Gasteiger partial charge in [0.1, 0.15) is 11.6 Å². The van der Waals surface area contributed by atoms with E-state index in [9.17, 15) is 9.18 Å². The van der Waals surface area contributed by atoms with Crippen LogP contribution in [0.1, 0.15) is 22.3 Å². The van der Waals surface area contributed by atoms with Gasteiger partial charge in [-0.2, -0.15) is 11.3 Å². The maximum Gasteiger partial charge on any atom is 0.170 e. The lowest BCUT2D eigenvalue weighted by Crippen LogP contribution is -2.21. The molecular weight excluding hydrogens is 289 g/mol. The minimum atomic E-state index is -0.528. The van der Waals surface area contributed by atoms with Gasteiger partial charge >= 0.3 is 0 Å². The van der Waals surface area contributed by atoms with E-state index in [4.69, 9.17) is 4.74 Å². The van der Waals surface area contributed by atoms with Crippen LogP contribution in [0.15, 0.2) is 35.0 Å². The van der Waals surface area contributed by atoms with Crippen LogP contribution in [0.5, 0.6) is 5.75 Å². The van der Waals surface area contributed by atoms with Crippen LogP contribution in [0.2, 0.25) is 0 Å². The summed E-state index contributed by atoms with van der Waals surface area (Å²) in [5.74, 6) is -0.470. The topological polar surface area (TPSA) is 29.5 Å². The number of nitrogens with zero attached hydrogens (tertiary/aromatic N) is 1. The third-order valence-corrected chi connectivity index (χ3v) is 3.96. The van der Waals surface area contributed by atoms with E-state index in [-0.39, 0.29) is 17.8 Å². The van der Waals surface area contributed by atoms with E-state index in [0.29, 0.717) is 12.3 Å². The fourth-order valence-electron chi connectivity index (χ4n) is 2.14. The van der Waals surface area contributed by atoms with Crippen LogP contribution < -0.4 is 4.74 Å². The van der Waals surface area contributed by atoms with Crippen molar-refractivity contribution in [3.8, 4) is 5.75 Å². The first-order chi connectivity index (χ1) is 10.1. The highest BCUT2D eigenvalue weighted by atomic mass is 32.1. The van der Waals surface area contributed by atoms with Gasteiger partial charge in [-0.15, -0.1) is 0 Å². The van der Waals surface area contributed by atoms with Gasteiger partial charge in [-0.05, 0) is 41.6 Å². The predicted octanol–water partition coefficient (Wildman–Crippen LogP) is 3.60. The van der Waals surface area contributed by atoms with Crippen LogP contribution >= 0.6 is 11.3 Å². The van der Waals surface area contributed by atoms with Crippen LogP contribution in [0.4, 0.5) is 4.39 Å². The molecule has 21 heavy (non-hydrogen) atoms. The monoisotopic (exact) mass is 307 g/mol. The highest BCUT2D eigenvalue weighted by Gasteiger charge is 2.17. The summed E-state index contributed by atoms with van der Waals surface area (Å²) in [6.45, 7) is 1.36. The molecule has 0 radical (unpaired) electrons. The number of halogens is 1. The van der Waals surface area contributed by atoms with Crippen LogP contribution in [-0.4, -0.2) is 31.4 Å². The normalized spacial score (nSPS) is 10.9. The molecule has 2 rings (SSSR count). The van der Waals surface area contributed by atoms with E-state index in [1.807, 2.05) is 17.3 Å². The summed E-state index contributed by atoms with van der Waals surface area (Å²) in [6.07, 6.45) is 0.262. The molecule has 3 nitrogen and oxygen atoms in total. The maximum atomic E-state index is 13.8. The number of ketones is 1. The van der Waals surface area contributed by atoms with Crippen molar-refractivity contribution < 1.29 is 13.9 Å². The highest BCUT2D eigenvalue weighted by molar-refractivity contribution is 7.07. The molecule has 1 aromatic carbocycles. The van der Waals surface area contributed by atoms with Crippen molar-refractivity contribution in [2.45, 2.75) is 13.0 Å². The van der Waals surface area contributed by atoms with Gasteiger partial charge in [-0.25, -0.2) is 4.39 Å². The number of thiophene rings is 1. The molecule has 0 atom stereocenters. The van der Waals surface area contributed by atoms with Crippen LogP contribution in [-0.2, 0) is 6.54 Å². The summed E-state index contributed by atoms with van der Waals surface area (Å²) in [7, 11) is 3.39. The summed E-state index contributed by atoms with van der Waals surface area (Å²) in [5, 5.41) is 4.11. The largest absolute Gasteiger partial charge is 0.496 e. The molecule has 0 saturated carbocycles. The van der Waals surface area contributed by atoms with Gasteiger partial charge in [0, 0.05) is 19.5 Å². The van der Waals surface area contributed by atoms with Crippen molar-refractivity contribution in [2.24, 2.45) is 0 Å². The lowest BCUT2D eigenvalue weighted by Gasteiger charge is -2.16.